The molecule has 0 bridgehead atoms. The van der Waals surface area contributed by atoms with Gasteiger partial charge in [0.05, 0.1) is 26.2 Å². The molecule has 1 aliphatic heterocycles. The summed E-state index contributed by atoms with van der Waals surface area (Å²) in [6.07, 6.45) is 5.22. The van der Waals surface area contributed by atoms with Crippen LogP contribution in [0.25, 0.3) is 21.7 Å². The molecule has 1 fully saturated rings. The molecule has 1 saturated heterocycles. The van der Waals surface area contributed by atoms with Crippen LogP contribution < -0.4 is 9.62 Å². The van der Waals surface area contributed by atoms with Crippen LogP contribution in [0, 0.1) is 17.5 Å². The predicted octanol–water partition coefficient (Wildman–Crippen LogP) is 5.89. The highest BCUT2D eigenvalue weighted by Crippen LogP contribution is 2.43. The first kappa shape index (κ1) is 26.5. The molecule has 11 heteroatoms. The summed E-state index contributed by atoms with van der Waals surface area (Å²) in [5.74, 6) is -2.05. The quantitative estimate of drug-likeness (QED) is 0.273. The van der Waals surface area contributed by atoms with Crippen molar-refractivity contribution < 1.29 is 22.1 Å². The number of aromatic nitrogens is 2. The smallest absolute Gasteiger partial charge is 0.158 e. The third-order valence-corrected chi connectivity index (χ3v) is 8.96. The maximum absolute atomic E-state index is 16.3. The van der Waals surface area contributed by atoms with Crippen LogP contribution in [0.3, 0.4) is 0 Å². The molecule has 2 aromatic heterocycles. The van der Waals surface area contributed by atoms with Gasteiger partial charge in [-0.2, -0.15) is 0 Å². The maximum Gasteiger partial charge on any atom is 0.158 e. The van der Waals surface area contributed by atoms with Crippen molar-refractivity contribution >= 4 is 28.0 Å². The zero-order chi connectivity index (χ0) is 26.6. The summed E-state index contributed by atoms with van der Waals surface area (Å²) in [4.78, 5) is 9.40. The summed E-state index contributed by atoms with van der Waals surface area (Å²) in [5, 5.41) is 4.28. The molecule has 38 heavy (non-hydrogen) atoms. The van der Waals surface area contributed by atoms with Gasteiger partial charge < -0.3 is 10.1 Å². The number of methoxy groups -OCH3 is 1. The molecule has 0 spiro atoms. The lowest BCUT2D eigenvalue weighted by Gasteiger charge is -2.24. The van der Waals surface area contributed by atoms with Crippen LogP contribution in [0.1, 0.15) is 23.8 Å². The lowest BCUT2D eigenvalue weighted by molar-refractivity contribution is 0.210. The SMILES string of the molecule is COCN(c1cccc(-c2nc(C3CCNCC3)sc2-c2ccncc2)c1F)S(=O)c1cc(F)ccc1F. The summed E-state index contributed by atoms with van der Waals surface area (Å²) in [7, 11) is -0.940. The third-order valence-electron chi connectivity index (χ3n) is 6.30. The number of nitrogens with zero attached hydrogens (tertiary/aromatic N) is 3. The molecule has 4 aromatic rings. The molecule has 1 aliphatic rings. The van der Waals surface area contributed by atoms with E-state index in [9.17, 15) is 13.0 Å². The Balaban J connectivity index is 1.61. The van der Waals surface area contributed by atoms with Crippen molar-refractivity contribution in [2.45, 2.75) is 23.7 Å². The number of ether oxygens (including phenoxy) is 1. The van der Waals surface area contributed by atoms with Gasteiger partial charge in [-0.1, -0.05) is 6.07 Å². The number of halogens is 3. The molecule has 3 heterocycles. The van der Waals surface area contributed by atoms with E-state index in [1.54, 1.807) is 24.5 Å². The molecule has 0 aliphatic carbocycles. The molecule has 1 atom stereocenters. The van der Waals surface area contributed by atoms with Gasteiger partial charge in [-0.3, -0.25) is 9.29 Å². The molecular formula is C27H25F3N4O2S2. The van der Waals surface area contributed by atoms with Crippen LogP contribution >= 0.6 is 11.3 Å². The standard InChI is InChI=1S/C27H25F3N4O2S2/c1-36-16-34(38(35)23-15-19(28)5-6-21(23)29)22-4-2-3-20(24(22)30)25-26(17-7-11-31-12-8-17)37-27(33-25)18-9-13-32-14-10-18/h2-8,11-12,15,18,32H,9-10,13-14,16H2,1H3. The van der Waals surface area contributed by atoms with Crippen molar-refractivity contribution in [1.29, 1.82) is 0 Å². The second kappa shape index (κ2) is 11.7. The second-order valence-corrected chi connectivity index (χ2v) is 11.2. The molecular weight excluding hydrogens is 533 g/mol. The summed E-state index contributed by atoms with van der Waals surface area (Å²) < 4.78 is 64.2. The van der Waals surface area contributed by atoms with Crippen molar-refractivity contribution in [2.24, 2.45) is 0 Å². The summed E-state index contributed by atoms with van der Waals surface area (Å²) in [6.45, 7) is 1.46. The first-order valence-corrected chi connectivity index (χ1v) is 13.9. The van der Waals surface area contributed by atoms with Gasteiger partial charge in [0.1, 0.15) is 18.4 Å². The Morgan fingerprint density at radius 2 is 1.87 bits per heavy atom. The monoisotopic (exact) mass is 558 g/mol. The van der Waals surface area contributed by atoms with E-state index in [1.807, 2.05) is 12.1 Å². The molecule has 2 aromatic carbocycles. The molecule has 198 valence electrons. The van der Waals surface area contributed by atoms with Crippen LogP contribution in [0.15, 0.2) is 65.8 Å². The Hall–Kier alpha value is -3.12. The Labute approximate surface area is 225 Å². The highest BCUT2D eigenvalue weighted by atomic mass is 32.2. The number of benzene rings is 2. The zero-order valence-electron chi connectivity index (χ0n) is 20.5. The topological polar surface area (TPSA) is 67.3 Å². The molecule has 1 N–H and O–H groups in total. The van der Waals surface area contributed by atoms with Crippen LogP contribution in [0.2, 0.25) is 0 Å². The number of nitrogens with one attached hydrogen (secondary N) is 1. The number of piperidine rings is 1. The number of hydrogen-bond donors (Lipinski definition) is 1. The molecule has 6 nitrogen and oxygen atoms in total. The molecule has 0 radical (unpaired) electrons. The van der Waals surface area contributed by atoms with Gasteiger partial charge >= 0.3 is 0 Å². The lowest BCUT2D eigenvalue weighted by atomic mass is 9.99. The van der Waals surface area contributed by atoms with E-state index in [1.165, 1.54) is 24.5 Å². The van der Waals surface area contributed by atoms with Crippen molar-refractivity contribution in [3.05, 3.63) is 83.4 Å². The highest BCUT2D eigenvalue weighted by molar-refractivity contribution is 7.86. The maximum atomic E-state index is 16.3. The average Bonchev–Trinajstić information content (AvgIpc) is 3.39. The Bertz CT molecular complexity index is 1450. The number of thiazole rings is 1. The zero-order valence-corrected chi connectivity index (χ0v) is 22.1. The molecule has 5 rings (SSSR count). The fraction of sp³-hybridized carbons (Fsp3) is 0.259. The van der Waals surface area contributed by atoms with Crippen LogP contribution in [-0.2, 0) is 15.7 Å². The fourth-order valence-corrected chi connectivity index (χ4v) is 6.87. The Kier molecular flexibility index (Phi) is 8.18. The van der Waals surface area contributed by atoms with Crippen molar-refractivity contribution in [2.75, 3.05) is 31.2 Å². The van der Waals surface area contributed by atoms with E-state index in [2.05, 4.69) is 10.3 Å². The second-order valence-electron chi connectivity index (χ2n) is 8.75. The molecule has 1 unspecified atom stereocenters. The van der Waals surface area contributed by atoms with Gasteiger partial charge in [-0.25, -0.2) is 22.4 Å². The number of hydrogen-bond acceptors (Lipinski definition) is 6. The van der Waals surface area contributed by atoms with Gasteiger partial charge in [-0.05, 0) is 74.0 Å². The molecule has 0 saturated carbocycles. The summed E-state index contributed by atoms with van der Waals surface area (Å²) in [6, 6.07) is 11.0. The van der Waals surface area contributed by atoms with Gasteiger partial charge in [0.15, 0.2) is 16.8 Å². The van der Waals surface area contributed by atoms with Crippen molar-refractivity contribution in [1.82, 2.24) is 15.3 Å². The third kappa shape index (κ3) is 5.37. The summed E-state index contributed by atoms with van der Waals surface area (Å²) >= 11 is 1.53. The van der Waals surface area contributed by atoms with Crippen molar-refractivity contribution in [3.8, 4) is 21.7 Å². The minimum atomic E-state index is -2.29. The largest absolute Gasteiger partial charge is 0.363 e. The lowest BCUT2D eigenvalue weighted by Crippen LogP contribution is -2.29. The predicted molar refractivity (Wildman–Crippen MR) is 143 cm³/mol. The van der Waals surface area contributed by atoms with Gasteiger partial charge in [0.25, 0.3) is 0 Å². The van der Waals surface area contributed by atoms with E-state index in [-0.39, 0.29) is 23.9 Å². The van der Waals surface area contributed by atoms with Gasteiger partial charge in [-0.15, -0.1) is 11.3 Å². The van der Waals surface area contributed by atoms with Crippen molar-refractivity contribution in [3.63, 3.8) is 0 Å². The van der Waals surface area contributed by atoms with Gasteiger partial charge in [0, 0.05) is 31.0 Å². The van der Waals surface area contributed by atoms with E-state index in [0.717, 1.165) is 63.9 Å². The minimum absolute atomic E-state index is 0.0801. The van der Waals surface area contributed by atoms with E-state index in [4.69, 9.17) is 9.72 Å². The van der Waals surface area contributed by atoms with Crippen LogP contribution in [0.4, 0.5) is 18.9 Å². The Morgan fingerprint density at radius 1 is 1.11 bits per heavy atom. The fourth-order valence-electron chi connectivity index (χ4n) is 4.41. The van der Waals surface area contributed by atoms with Gasteiger partial charge in [0.2, 0.25) is 0 Å². The van der Waals surface area contributed by atoms with E-state index >= 15 is 4.39 Å². The Morgan fingerprint density at radius 3 is 2.61 bits per heavy atom. The van der Waals surface area contributed by atoms with Crippen LogP contribution in [-0.4, -0.2) is 41.1 Å². The van der Waals surface area contributed by atoms with E-state index < -0.39 is 33.3 Å². The first-order valence-electron chi connectivity index (χ1n) is 12.0. The first-order chi connectivity index (χ1) is 18.5. The highest BCUT2D eigenvalue weighted by Gasteiger charge is 2.28. The normalized spacial score (nSPS) is 14.9. The minimum Gasteiger partial charge on any atom is -0.363 e. The summed E-state index contributed by atoms with van der Waals surface area (Å²) in [5.41, 5.74) is 1.46. The number of rotatable bonds is 8. The van der Waals surface area contributed by atoms with Crippen LogP contribution in [0.5, 0.6) is 0 Å². The van der Waals surface area contributed by atoms with E-state index in [0.29, 0.717) is 5.69 Å². The number of pyridine rings is 1. The number of anilines is 1. The molecule has 0 amide bonds. The average molecular weight is 559 g/mol.